The van der Waals surface area contributed by atoms with Gasteiger partial charge >= 0.3 is 0 Å². The number of rotatable bonds is 8. The van der Waals surface area contributed by atoms with E-state index in [1.54, 1.807) is 6.20 Å². The van der Waals surface area contributed by atoms with Crippen molar-refractivity contribution in [3.8, 4) is 0 Å². The van der Waals surface area contributed by atoms with Crippen molar-refractivity contribution in [2.24, 2.45) is 0 Å². The number of aryl methyl sites for hydroxylation is 1. The molecule has 6 nitrogen and oxygen atoms in total. The number of carbonyl (C=O) groups excluding carboxylic acids is 1. The number of benzene rings is 2. The first kappa shape index (κ1) is 19.3. The van der Waals surface area contributed by atoms with E-state index in [9.17, 15) is 4.79 Å². The Bertz CT molecular complexity index is 1090. The summed E-state index contributed by atoms with van der Waals surface area (Å²) in [7, 11) is 0. The minimum Gasteiger partial charge on any atom is -0.351 e. The standard InChI is InChI=1S/C22H23N5OS/c1-2-27-20-7-4-3-6-19(20)25-22(27)29-16-21(28)23-14-17-8-10-18(11-9-17)15-26-13-5-12-24-26/h3-13H,2,14-16H2,1H3,(H,23,28). The quantitative estimate of drug-likeness (QED) is 0.454. The summed E-state index contributed by atoms with van der Waals surface area (Å²) in [5.41, 5.74) is 4.33. The largest absolute Gasteiger partial charge is 0.351 e. The van der Waals surface area contributed by atoms with Crippen molar-refractivity contribution >= 4 is 28.7 Å². The van der Waals surface area contributed by atoms with Crippen molar-refractivity contribution in [1.82, 2.24) is 24.6 Å². The number of aromatic nitrogens is 4. The fourth-order valence-corrected chi connectivity index (χ4v) is 4.10. The average Bonchev–Trinajstić information content (AvgIpc) is 3.38. The third-order valence-electron chi connectivity index (χ3n) is 4.68. The maximum atomic E-state index is 12.3. The lowest BCUT2D eigenvalue weighted by atomic mass is 10.1. The first-order valence-electron chi connectivity index (χ1n) is 9.63. The fourth-order valence-electron chi connectivity index (χ4n) is 3.19. The van der Waals surface area contributed by atoms with Gasteiger partial charge in [-0.2, -0.15) is 5.10 Å². The molecule has 0 saturated heterocycles. The van der Waals surface area contributed by atoms with Crippen LogP contribution in [0.5, 0.6) is 0 Å². The number of nitrogens with zero attached hydrogens (tertiary/aromatic N) is 4. The van der Waals surface area contributed by atoms with Crippen LogP contribution in [0.2, 0.25) is 0 Å². The highest BCUT2D eigenvalue weighted by Crippen LogP contribution is 2.23. The molecule has 2 aromatic carbocycles. The summed E-state index contributed by atoms with van der Waals surface area (Å²) in [4.78, 5) is 17.0. The molecule has 0 unspecified atom stereocenters. The van der Waals surface area contributed by atoms with Gasteiger partial charge in [0, 0.05) is 25.5 Å². The smallest absolute Gasteiger partial charge is 0.230 e. The van der Waals surface area contributed by atoms with Gasteiger partial charge in [-0.25, -0.2) is 4.98 Å². The lowest BCUT2D eigenvalue weighted by Crippen LogP contribution is -2.24. The highest BCUT2D eigenvalue weighted by molar-refractivity contribution is 7.99. The molecule has 0 saturated carbocycles. The van der Waals surface area contributed by atoms with Crippen LogP contribution >= 0.6 is 11.8 Å². The predicted octanol–water partition coefficient (Wildman–Crippen LogP) is 3.71. The van der Waals surface area contributed by atoms with E-state index in [-0.39, 0.29) is 5.91 Å². The molecule has 0 atom stereocenters. The van der Waals surface area contributed by atoms with E-state index in [1.165, 1.54) is 17.3 Å². The summed E-state index contributed by atoms with van der Waals surface area (Å²) < 4.78 is 4.03. The number of thioether (sulfide) groups is 1. The van der Waals surface area contributed by atoms with E-state index < -0.39 is 0 Å². The highest BCUT2D eigenvalue weighted by Gasteiger charge is 2.11. The summed E-state index contributed by atoms with van der Waals surface area (Å²) >= 11 is 1.48. The Morgan fingerprint density at radius 2 is 1.86 bits per heavy atom. The van der Waals surface area contributed by atoms with Gasteiger partial charge in [0.15, 0.2) is 5.16 Å². The number of hydrogen-bond acceptors (Lipinski definition) is 4. The summed E-state index contributed by atoms with van der Waals surface area (Å²) in [5, 5.41) is 8.09. The molecule has 1 amide bonds. The Kier molecular flexibility index (Phi) is 5.95. The van der Waals surface area contributed by atoms with Gasteiger partial charge in [-0.05, 0) is 36.2 Å². The fraction of sp³-hybridized carbons (Fsp3) is 0.227. The van der Waals surface area contributed by atoms with Crippen molar-refractivity contribution < 1.29 is 4.79 Å². The van der Waals surface area contributed by atoms with E-state index in [1.807, 2.05) is 47.3 Å². The molecule has 2 heterocycles. The van der Waals surface area contributed by atoms with Crippen molar-refractivity contribution in [2.75, 3.05) is 5.75 Å². The van der Waals surface area contributed by atoms with Crippen molar-refractivity contribution in [2.45, 2.75) is 31.7 Å². The Morgan fingerprint density at radius 3 is 2.62 bits per heavy atom. The molecular formula is C22H23N5OS. The number of fused-ring (bicyclic) bond motifs is 1. The van der Waals surface area contributed by atoms with Gasteiger partial charge in [-0.3, -0.25) is 9.48 Å². The molecule has 7 heteroatoms. The number of para-hydroxylation sites is 2. The van der Waals surface area contributed by atoms with Crippen LogP contribution in [0.3, 0.4) is 0 Å². The minimum atomic E-state index is 0.00493. The molecule has 2 aromatic heterocycles. The Balaban J connectivity index is 1.29. The van der Waals surface area contributed by atoms with Crippen LogP contribution in [0, 0.1) is 0 Å². The molecule has 4 aromatic rings. The maximum Gasteiger partial charge on any atom is 0.230 e. The van der Waals surface area contributed by atoms with Gasteiger partial charge in [0.1, 0.15) is 0 Å². The second-order valence-corrected chi connectivity index (χ2v) is 7.66. The summed E-state index contributed by atoms with van der Waals surface area (Å²) in [6.07, 6.45) is 3.72. The first-order valence-corrected chi connectivity index (χ1v) is 10.6. The third kappa shape index (κ3) is 4.68. The third-order valence-corrected chi connectivity index (χ3v) is 5.66. The molecule has 4 rings (SSSR count). The Labute approximate surface area is 173 Å². The monoisotopic (exact) mass is 405 g/mol. The van der Waals surface area contributed by atoms with Gasteiger partial charge < -0.3 is 9.88 Å². The molecule has 29 heavy (non-hydrogen) atoms. The van der Waals surface area contributed by atoms with E-state index in [0.717, 1.165) is 34.8 Å². The van der Waals surface area contributed by atoms with Crippen LogP contribution < -0.4 is 5.32 Å². The minimum absolute atomic E-state index is 0.00493. The number of nitrogens with one attached hydrogen (secondary N) is 1. The molecule has 1 N–H and O–H groups in total. The van der Waals surface area contributed by atoms with E-state index >= 15 is 0 Å². The molecule has 148 valence electrons. The maximum absolute atomic E-state index is 12.3. The number of imidazole rings is 1. The Morgan fingerprint density at radius 1 is 1.07 bits per heavy atom. The zero-order chi connectivity index (χ0) is 20.1. The van der Waals surface area contributed by atoms with E-state index in [2.05, 4.69) is 45.1 Å². The molecule has 0 spiro atoms. The SMILES string of the molecule is CCn1c(SCC(=O)NCc2ccc(Cn3cccn3)cc2)nc2ccccc21. The van der Waals surface area contributed by atoms with Crippen LogP contribution in [0.1, 0.15) is 18.1 Å². The van der Waals surface area contributed by atoms with Crippen LogP contribution in [-0.4, -0.2) is 31.0 Å². The molecular weight excluding hydrogens is 382 g/mol. The van der Waals surface area contributed by atoms with Crippen molar-refractivity contribution in [3.05, 3.63) is 78.1 Å². The summed E-state index contributed by atoms with van der Waals surface area (Å²) in [6.45, 7) is 4.18. The van der Waals surface area contributed by atoms with Crippen molar-refractivity contribution in [1.29, 1.82) is 0 Å². The van der Waals surface area contributed by atoms with Gasteiger partial charge in [0.05, 0.1) is 23.3 Å². The molecule has 0 aliphatic heterocycles. The topological polar surface area (TPSA) is 64.7 Å². The predicted molar refractivity (Wildman–Crippen MR) is 116 cm³/mol. The normalized spacial score (nSPS) is 11.1. The van der Waals surface area contributed by atoms with Gasteiger partial charge in [0.25, 0.3) is 0 Å². The van der Waals surface area contributed by atoms with E-state index in [0.29, 0.717) is 12.3 Å². The summed E-state index contributed by atoms with van der Waals surface area (Å²) in [5.74, 6) is 0.353. The van der Waals surface area contributed by atoms with Gasteiger partial charge in [0.2, 0.25) is 5.91 Å². The second-order valence-electron chi connectivity index (χ2n) is 6.71. The molecule has 0 radical (unpaired) electrons. The van der Waals surface area contributed by atoms with Crippen LogP contribution in [-0.2, 0) is 24.4 Å². The first-order chi connectivity index (χ1) is 14.2. The van der Waals surface area contributed by atoms with Gasteiger partial charge in [-0.1, -0.05) is 48.2 Å². The number of amides is 1. The van der Waals surface area contributed by atoms with E-state index in [4.69, 9.17) is 0 Å². The second kappa shape index (κ2) is 8.96. The highest BCUT2D eigenvalue weighted by atomic mass is 32.2. The molecule has 0 aliphatic carbocycles. The van der Waals surface area contributed by atoms with Crippen molar-refractivity contribution in [3.63, 3.8) is 0 Å². The molecule has 0 aliphatic rings. The van der Waals surface area contributed by atoms with Gasteiger partial charge in [-0.15, -0.1) is 0 Å². The zero-order valence-corrected chi connectivity index (χ0v) is 17.1. The number of hydrogen-bond donors (Lipinski definition) is 1. The molecule has 0 bridgehead atoms. The lowest BCUT2D eigenvalue weighted by Gasteiger charge is -2.08. The number of carbonyl (C=O) groups is 1. The Hall–Kier alpha value is -3.06. The van der Waals surface area contributed by atoms with Crippen LogP contribution in [0.25, 0.3) is 11.0 Å². The average molecular weight is 406 g/mol. The zero-order valence-electron chi connectivity index (χ0n) is 16.3. The molecule has 0 fully saturated rings. The lowest BCUT2D eigenvalue weighted by molar-refractivity contribution is -0.118. The summed E-state index contributed by atoms with van der Waals surface area (Å²) in [6, 6.07) is 18.2. The van der Waals surface area contributed by atoms with Crippen LogP contribution in [0.15, 0.2) is 72.1 Å². The van der Waals surface area contributed by atoms with Crippen LogP contribution in [0.4, 0.5) is 0 Å².